The van der Waals surface area contributed by atoms with Crippen molar-refractivity contribution in [2.75, 3.05) is 13.1 Å². The third kappa shape index (κ3) is 3.36. The normalized spacial score (nSPS) is 19.3. The minimum absolute atomic E-state index is 0.363. The van der Waals surface area contributed by atoms with Crippen LogP contribution in [0.4, 0.5) is 0 Å². The Balaban J connectivity index is 1.43. The summed E-state index contributed by atoms with van der Waals surface area (Å²) in [5, 5.41) is 10.3. The fourth-order valence-electron chi connectivity index (χ4n) is 2.84. The molecule has 0 radical (unpaired) electrons. The summed E-state index contributed by atoms with van der Waals surface area (Å²) in [6, 6.07) is 2.36. The Morgan fingerprint density at radius 3 is 3.17 bits per heavy atom. The van der Waals surface area contributed by atoms with E-state index in [1.807, 2.05) is 16.1 Å². The first-order valence-electron chi connectivity index (χ1n) is 7.41. The van der Waals surface area contributed by atoms with Gasteiger partial charge in [0.2, 0.25) is 11.7 Å². The molecule has 0 saturated carbocycles. The van der Waals surface area contributed by atoms with Gasteiger partial charge in [0.1, 0.15) is 12.7 Å². The van der Waals surface area contributed by atoms with E-state index in [4.69, 9.17) is 4.52 Å². The Kier molecular flexibility index (Phi) is 4.23. The van der Waals surface area contributed by atoms with E-state index < -0.39 is 0 Å². The van der Waals surface area contributed by atoms with Gasteiger partial charge in [-0.05, 0) is 41.4 Å². The monoisotopic (exact) mass is 394 g/mol. The van der Waals surface area contributed by atoms with Crippen LogP contribution in [-0.2, 0) is 6.54 Å². The maximum absolute atomic E-state index is 5.41. The van der Waals surface area contributed by atoms with Crippen molar-refractivity contribution in [2.24, 2.45) is 0 Å². The molecule has 4 rings (SSSR count). The van der Waals surface area contributed by atoms with Crippen LogP contribution < -0.4 is 0 Å². The molecule has 3 aromatic rings. The summed E-state index contributed by atoms with van der Waals surface area (Å²) in [5.74, 6) is 1.31. The third-order valence-electron chi connectivity index (χ3n) is 3.91. The summed E-state index contributed by atoms with van der Waals surface area (Å²) in [4.78, 5) is 11.9. The molecule has 1 aliphatic heterocycles. The molecule has 4 heterocycles. The first-order chi connectivity index (χ1) is 11.3. The van der Waals surface area contributed by atoms with Crippen molar-refractivity contribution in [3.63, 3.8) is 0 Å². The van der Waals surface area contributed by atoms with Crippen LogP contribution in [0.5, 0.6) is 0 Å². The Bertz CT molecular complexity index is 770. The topological polar surface area (TPSA) is 72.9 Å². The highest BCUT2D eigenvalue weighted by atomic mass is 79.9. The fourth-order valence-corrected chi connectivity index (χ4v) is 4.19. The third-order valence-corrected chi connectivity index (χ3v) is 5.59. The van der Waals surface area contributed by atoms with E-state index in [-0.39, 0.29) is 0 Å². The lowest BCUT2D eigenvalue weighted by atomic mass is 10.1. The molecule has 0 amide bonds. The van der Waals surface area contributed by atoms with Crippen molar-refractivity contribution in [1.29, 1.82) is 0 Å². The maximum Gasteiger partial charge on any atom is 0.241 e. The number of halogens is 1. The molecule has 9 heteroatoms. The van der Waals surface area contributed by atoms with E-state index in [1.165, 1.54) is 0 Å². The molecule has 0 N–H and O–H groups in total. The van der Waals surface area contributed by atoms with Gasteiger partial charge in [-0.2, -0.15) is 10.1 Å². The lowest BCUT2D eigenvalue weighted by Crippen LogP contribution is -2.36. The Morgan fingerprint density at radius 2 is 2.39 bits per heavy atom. The molecule has 1 atom stereocenters. The lowest BCUT2D eigenvalue weighted by molar-refractivity contribution is 0.146. The van der Waals surface area contributed by atoms with Crippen LogP contribution in [0.2, 0.25) is 0 Å². The number of hydrogen-bond acceptors (Lipinski definition) is 7. The molecular formula is C14H15BrN6OS. The number of aromatic nitrogens is 5. The summed E-state index contributed by atoms with van der Waals surface area (Å²) >= 11 is 5.04. The lowest BCUT2D eigenvalue weighted by Gasteiger charge is -2.31. The molecule has 1 saturated heterocycles. The predicted molar refractivity (Wildman–Crippen MR) is 88.9 cm³/mol. The number of piperidine rings is 1. The summed E-state index contributed by atoms with van der Waals surface area (Å²) in [7, 11) is 0. The number of thiophene rings is 1. The largest absolute Gasteiger partial charge is 0.338 e. The second-order valence-electron chi connectivity index (χ2n) is 5.55. The number of likely N-dealkylation sites (tertiary alicyclic amines) is 1. The van der Waals surface area contributed by atoms with Crippen LogP contribution in [0.25, 0.3) is 10.7 Å². The summed E-state index contributed by atoms with van der Waals surface area (Å²) in [6.07, 6.45) is 5.62. The molecule has 0 aromatic carbocycles. The molecule has 7 nitrogen and oxygen atoms in total. The van der Waals surface area contributed by atoms with Crippen LogP contribution in [0.3, 0.4) is 0 Å². The van der Waals surface area contributed by atoms with E-state index in [0.717, 1.165) is 35.3 Å². The van der Waals surface area contributed by atoms with Crippen molar-refractivity contribution in [3.8, 4) is 10.7 Å². The fraction of sp³-hybridized carbons (Fsp3) is 0.429. The van der Waals surface area contributed by atoms with Crippen molar-refractivity contribution in [2.45, 2.75) is 25.4 Å². The van der Waals surface area contributed by atoms with Gasteiger partial charge in [0.15, 0.2) is 0 Å². The summed E-state index contributed by atoms with van der Waals surface area (Å²) in [6.45, 7) is 2.63. The number of hydrogen-bond donors (Lipinski definition) is 0. The zero-order valence-electron chi connectivity index (χ0n) is 12.3. The average molecular weight is 395 g/mol. The first kappa shape index (κ1) is 15.0. The molecule has 1 fully saturated rings. The summed E-state index contributed by atoms with van der Waals surface area (Å²) in [5.41, 5.74) is 0. The van der Waals surface area contributed by atoms with Gasteiger partial charge in [-0.25, -0.2) is 9.67 Å². The minimum Gasteiger partial charge on any atom is -0.338 e. The van der Waals surface area contributed by atoms with Crippen molar-refractivity contribution in [3.05, 3.63) is 34.5 Å². The van der Waals surface area contributed by atoms with Crippen LogP contribution in [0.15, 0.2) is 33.1 Å². The van der Waals surface area contributed by atoms with Gasteiger partial charge in [0.05, 0.1) is 17.5 Å². The molecule has 3 aromatic heterocycles. The van der Waals surface area contributed by atoms with Gasteiger partial charge in [-0.3, -0.25) is 4.90 Å². The van der Waals surface area contributed by atoms with E-state index in [0.29, 0.717) is 24.3 Å². The molecule has 0 spiro atoms. The van der Waals surface area contributed by atoms with Gasteiger partial charge < -0.3 is 4.52 Å². The second-order valence-corrected chi connectivity index (χ2v) is 7.37. The molecule has 0 bridgehead atoms. The van der Waals surface area contributed by atoms with Gasteiger partial charge in [0.25, 0.3) is 0 Å². The average Bonchev–Trinajstić information content (AvgIpc) is 3.28. The number of nitrogens with zero attached hydrogens (tertiary/aromatic N) is 6. The second kappa shape index (κ2) is 6.50. The zero-order chi connectivity index (χ0) is 15.6. The van der Waals surface area contributed by atoms with E-state index >= 15 is 0 Å². The van der Waals surface area contributed by atoms with E-state index in [9.17, 15) is 0 Å². The van der Waals surface area contributed by atoms with Gasteiger partial charge in [-0.15, -0.1) is 11.3 Å². The smallest absolute Gasteiger partial charge is 0.241 e. The highest BCUT2D eigenvalue weighted by molar-refractivity contribution is 9.10. The standard InChI is InChI=1S/C14H15BrN6OS/c15-10-4-12(23-7-10)14-18-13(22-19-14)6-20-3-1-2-11(5-20)21-9-16-8-17-21/h4,7-9,11H,1-3,5-6H2. The molecule has 120 valence electrons. The van der Waals surface area contributed by atoms with Crippen LogP contribution >= 0.6 is 27.3 Å². The van der Waals surface area contributed by atoms with Crippen LogP contribution in [0.1, 0.15) is 24.8 Å². The molecule has 1 aliphatic rings. The van der Waals surface area contributed by atoms with Crippen LogP contribution in [0, 0.1) is 0 Å². The molecule has 0 aliphatic carbocycles. The SMILES string of the molecule is Brc1csc(-c2noc(CN3CCCC(n4cncn4)C3)n2)c1. The minimum atomic E-state index is 0.363. The van der Waals surface area contributed by atoms with E-state index in [1.54, 1.807) is 24.0 Å². The Morgan fingerprint density at radius 1 is 1.43 bits per heavy atom. The van der Waals surface area contributed by atoms with Gasteiger partial charge in [-0.1, -0.05) is 5.16 Å². The van der Waals surface area contributed by atoms with Crippen LogP contribution in [-0.4, -0.2) is 42.9 Å². The van der Waals surface area contributed by atoms with Gasteiger partial charge >= 0.3 is 0 Å². The van der Waals surface area contributed by atoms with Crippen molar-refractivity contribution >= 4 is 27.3 Å². The molecular weight excluding hydrogens is 380 g/mol. The Labute approximate surface area is 145 Å². The predicted octanol–water partition coefficient (Wildman–Crippen LogP) is 2.99. The summed E-state index contributed by atoms with van der Waals surface area (Å²) < 4.78 is 8.39. The maximum atomic E-state index is 5.41. The Hall–Kier alpha value is -1.58. The first-order valence-corrected chi connectivity index (χ1v) is 9.08. The van der Waals surface area contributed by atoms with Gasteiger partial charge in [0, 0.05) is 16.4 Å². The highest BCUT2D eigenvalue weighted by Gasteiger charge is 2.23. The number of rotatable bonds is 4. The van der Waals surface area contributed by atoms with Crippen molar-refractivity contribution in [1.82, 2.24) is 29.8 Å². The molecule has 23 heavy (non-hydrogen) atoms. The molecule has 1 unspecified atom stereocenters. The van der Waals surface area contributed by atoms with Crippen molar-refractivity contribution < 1.29 is 4.52 Å². The zero-order valence-corrected chi connectivity index (χ0v) is 14.7. The highest BCUT2D eigenvalue weighted by Crippen LogP contribution is 2.28. The van der Waals surface area contributed by atoms with E-state index in [2.05, 4.69) is 41.1 Å². The quantitative estimate of drug-likeness (QED) is 0.676.